The molecule has 1 nitrogen and oxygen atoms in total. The van der Waals surface area contributed by atoms with Gasteiger partial charge in [0.05, 0.1) is 0 Å². The van der Waals surface area contributed by atoms with E-state index in [-0.39, 0.29) is 0 Å². The van der Waals surface area contributed by atoms with Crippen molar-refractivity contribution in [3.05, 3.63) is 0 Å². The lowest BCUT2D eigenvalue weighted by molar-refractivity contribution is 0.0883. The fourth-order valence-electron chi connectivity index (χ4n) is 3.78. The van der Waals surface area contributed by atoms with E-state index in [0.29, 0.717) is 5.92 Å². The molecule has 1 heterocycles. The molecule has 19 heavy (non-hydrogen) atoms. The smallest absolute Gasteiger partial charge is 0.0204 e. The highest BCUT2D eigenvalue weighted by molar-refractivity contribution is 5.04. The molecule has 2 rings (SSSR count). The quantitative estimate of drug-likeness (QED) is 0.669. The summed E-state index contributed by atoms with van der Waals surface area (Å²) in [4.78, 5) is 2.78. The fourth-order valence-corrected chi connectivity index (χ4v) is 3.78. The van der Waals surface area contributed by atoms with Gasteiger partial charge < -0.3 is 4.90 Å². The van der Waals surface area contributed by atoms with Gasteiger partial charge in [-0.1, -0.05) is 26.7 Å². The summed E-state index contributed by atoms with van der Waals surface area (Å²) in [7, 11) is 0. The standard InChI is InChI=1S/C18H31N/c1-4-5-6-16-7-9-18(10-8-16)19-13-11-17(12-14-19)15(2)3/h15-18H,4,7-14H2,1-3H3. The van der Waals surface area contributed by atoms with Gasteiger partial charge in [0.25, 0.3) is 0 Å². The number of likely N-dealkylation sites (tertiary alicyclic amines) is 1. The molecular weight excluding hydrogens is 230 g/mol. The predicted molar refractivity (Wildman–Crippen MR) is 82.9 cm³/mol. The molecule has 1 saturated carbocycles. The third-order valence-electron chi connectivity index (χ3n) is 5.21. The summed E-state index contributed by atoms with van der Waals surface area (Å²) in [6, 6.07) is 0.868. The van der Waals surface area contributed by atoms with E-state index in [0.717, 1.165) is 24.3 Å². The molecule has 0 bridgehead atoms. The largest absolute Gasteiger partial charge is 0.300 e. The van der Waals surface area contributed by atoms with Crippen molar-refractivity contribution in [1.82, 2.24) is 4.90 Å². The molecule has 0 aromatic carbocycles. The van der Waals surface area contributed by atoms with Gasteiger partial charge in [0.15, 0.2) is 0 Å². The molecule has 0 spiro atoms. The Morgan fingerprint density at radius 3 is 2.16 bits per heavy atom. The third kappa shape index (κ3) is 4.25. The van der Waals surface area contributed by atoms with Gasteiger partial charge in [0.1, 0.15) is 0 Å². The monoisotopic (exact) mass is 261 g/mol. The SMILES string of the molecule is CCC#CC1CCC(N2CCC(C(C)C)CC2)CC1. The topological polar surface area (TPSA) is 3.24 Å². The van der Waals surface area contributed by atoms with Gasteiger partial charge in [0.2, 0.25) is 0 Å². The van der Waals surface area contributed by atoms with Gasteiger partial charge in [-0.15, -0.1) is 5.92 Å². The third-order valence-corrected chi connectivity index (χ3v) is 5.21. The van der Waals surface area contributed by atoms with Gasteiger partial charge in [-0.2, -0.15) is 0 Å². The Bertz CT molecular complexity index is 306. The van der Waals surface area contributed by atoms with Crippen LogP contribution >= 0.6 is 0 Å². The minimum atomic E-state index is 0.699. The van der Waals surface area contributed by atoms with Crippen LogP contribution in [0, 0.1) is 29.6 Å². The van der Waals surface area contributed by atoms with Crippen LogP contribution in [0.5, 0.6) is 0 Å². The van der Waals surface area contributed by atoms with Crippen molar-refractivity contribution >= 4 is 0 Å². The Hall–Kier alpha value is -0.480. The lowest BCUT2D eigenvalue weighted by Crippen LogP contribution is -2.43. The van der Waals surface area contributed by atoms with Gasteiger partial charge in [0, 0.05) is 18.4 Å². The van der Waals surface area contributed by atoms with Crippen molar-refractivity contribution < 1.29 is 0 Å². The number of piperidine rings is 1. The molecule has 0 N–H and O–H groups in total. The van der Waals surface area contributed by atoms with E-state index in [2.05, 4.69) is 37.5 Å². The summed E-state index contributed by atoms with van der Waals surface area (Å²) in [6.07, 6.45) is 9.30. The highest BCUT2D eigenvalue weighted by atomic mass is 15.2. The zero-order valence-corrected chi connectivity index (χ0v) is 13.1. The molecule has 1 aliphatic heterocycles. The second-order valence-corrected chi connectivity index (χ2v) is 6.80. The van der Waals surface area contributed by atoms with Crippen LogP contribution in [0.1, 0.15) is 65.7 Å². The summed E-state index contributed by atoms with van der Waals surface area (Å²) in [5, 5.41) is 0. The normalized spacial score (nSPS) is 30.1. The first-order valence-electron chi connectivity index (χ1n) is 8.43. The first kappa shape index (κ1) is 14.9. The second kappa shape index (κ2) is 7.34. The molecular formula is C18H31N. The molecule has 1 heteroatoms. The van der Waals surface area contributed by atoms with E-state index >= 15 is 0 Å². The van der Waals surface area contributed by atoms with Crippen molar-refractivity contribution in [3.8, 4) is 11.8 Å². The predicted octanol–water partition coefficient (Wildman–Crippen LogP) is 4.33. The van der Waals surface area contributed by atoms with Crippen LogP contribution in [0.15, 0.2) is 0 Å². The number of hydrogen-bond acceptors (Lipinski definition) is 1. The number of nitrogens with zero attached hydrogens (tertiary/aromatic N) is 1. The van der Waals surface area contributed by atoms with Crippen molar-refractivity contribution in [2.24, 2.45) is 17.8 Å². The summed E-state index contributed by atoms with van der Waals surface area (Å²) in [6.45, 7) is 9.62. The van der Waals surface area contributed by atoms with Gasteiger partial charge >= 0.3 is 0 Å². The van der Waals surface area contributed by atoms with Crippen LogP contribution in [0.3, 0.4) is 0 Å². The maximum absolute atomic E-state index is 3.45. The molecule has 2 fully saturated rings. The van der Waals surface area contributed by atoms with E-state index in [4.69, 9.17) is 0 Å². The average molecular weight is 261 g/mol. The number of rotatable bonds is 2. The van der Waals surface area contributed by atoms with E-state index in [1.807, 2.05) is 0 Å². The van der Waals surface area contributed by atoms with Crippen molar-refractivity contribution in [2.75, 3.05) is 13.1 Å². The Labute approximate surface area is 120 Å². The van der Waals surface area contributed by atoms with E-state index < -0.39 is 0 Å². The Balaban J connectivity index is 1.74. The molecule has 108 valence electrons. The van der Waals surface area contributed by atoms with Gasteiger partial charge in [-0.25, -0.2) is 0 Å². The fraction of sp³-hybridized carbons (Fsp3) is 0.889. The highest BCUT2D eigenvalue weighted by Crippen LogP contribution is 2.31. The molecule has 0 unspecified atom stereocenters. The lowest BCUT2D eigenvalue weighted by Gasteiger charge is -2.41. The van der Waals surface area contributed by atoms with Crippen LogP contribution < -0.4 is 0 Å². The molecule has 0 aromatic heterocycles. The maximum atomic E-state index is 3.45. The molecule has 1 saturated heterocycles. The van der Waals surface area contributed by atoms with Crippen molar-refractivity contribution in [3.63, 3.8) is 0 Å². The molecule has 0 radical (unpaired) electrons. The van der Waals surface area contributed by atoms with Crippen LogP contribution in [-0.2, 0) is 0 Å². The van der Waals surface area contributed by atoms with Crippen LogP contribution in [-0.4, -0.2) is 24.0 Å². The van der Waals surface area contributed by atoms with Gasteiger partial charge in [-0.3, -0.25) is 0 Å². The Kier molecular flexibility index (Phi) is 5.76. The van der Waals surface area contributed by atoms with Crippen molar-refractivity contribution in [2.45, 2.75) is 71.8 Å². The number of hydrogen-bond donors (Lipinski definition) is 0. The van der Waals surface area contributed by atoms with E-state index in [1.165, 1.54) is 51.6 Å². The minimum absolute atomic E-state index is 0.699. The minimum Gasteiger partial charge on any atom is -0.300 e. The Morgan fingerprint density at radius 1 is 1.00 bits per heavy atom. The van der Waals surface area contributed by atoms with Crippen LogP contribution in [0.4, 0.5) is 0 Å². The van der Waals surface area contributed by atoms with E-state index in [1.54, 1.807) is 0 Å². The van der Waals surface area contributed by atoms with Crippen LogP contribution in [0.25, 0.3) is 0 Å². The molecule has 1 aliphatic carbocycles. The highest BCUT2D eigenvalue weighted by Gasteiger charge is 2.29. The second-order valence-electron chi connectivity index (χ2n) is 6.80. The lowest BCUT2D eigenvalue weighted by atomic mass is 9.82. The first-order chi connectivity index (χ1) is 9.20. The van der Waals surface area contributed by atoms with Crippen molar-refractivity contribution in [1.29, 1.82) is 0 Å². The maximum Gasteiger partial charge on any atom is 0.0204 e. The summed E-state index contributed by atoms with van der Waals surface area (Å²) in [5.74, 6) is 9.27. The molecule has 2 aliphatic rings. The first-order valence-corrected chi connectivity index (χ1v) is 8.43. The molecule has 0 aromatic rings. The summed E-state index contributed by atoms with van der Waals surface area (Å²) < 4.78 is 0. The summed E-state index contributed by atoms with van der Waals surface area (Å²) >= 11 is 0. The Morgan fingerprint density at radius 2 is 1.63 bits per heavy atom. The molecule has 0 atom stereocenters. The molecule has 0 amide bonds. The van der Waals surface area contributed by atoms with E-state index in [9.17, 15) is 0 Å². The van der Waals surface area contributed by atoms with Crippen LogP contribution in [0.2, 0.25) is 0 Å². The summed E-state index contributed by atoms with van der Waals surface area (Å²) in [5.41, 5.74) is 0. The van der Waals surface area contributed by atoms with Gasteiger partial charge in [-0.05, 0) is 63.5 Å². The average Bonchev–Trinajstić information content (AvgIpc) is 2.46. The zero-order chi connectivity index (χ0) is 13.7. The zero-order valence-electron chi connectivity index (χ0n) is 13.1.